The Kier molecular flexibility index (Phi) is 4.92. The summed E-state index contributed by atoms with van der Waals surface area (Å²) in [6, 6.07) is 4.54. The Balaban J connectivity index is 2.39. The molecule has 112 valence electrons. The summed E-state index contributed by atoms with van der Waals surface area (Å²) in [5.74, 6) is 1.57. The number of hydrogen-bond acceptors (Lipinski definition) is 5. The molecule has 2 N–H and O–H groups in total. The van der Waals surface area contributed by atoms with Crippen LogP contribution in [0.5, 0.6) is 5.75 Å². The second-order valence-electron chi connectivity index (χ2n) is 4.52. The SMILES string of the molecule is CCCc1c(NC)ncnc1Nc1cc(OC)ccc1F. The van der Waals surface area contributed by atoms with Gasteiger partial charge in [-0.05, 0) is 18.6 Å². The molecule has 1 heterocycles. The first kappa shape index (κ1) is 15.0. The van der Waals surface area contributed by atoms with Gasteiger partial charge in [0.15, 0.2) is 0 Å². The Morgan fingerprint density at radius 3 is 2.67 bits per heavy atom. The molecule has 21 heavy (non-hydrogen) atoms. The number of anilines is 3. The van der Waals surface area contributed by atoms with E-state index in [0.717, 1.165) is 24.2 Å². The number of nitrogens with one attached hydrogen (secondary N) is 2. The van der Waals surface area contributed by atoms with E-state index in [4.69, 9.17) is 4.74 Å². The van der Waals surface area contributed by atoms with Crippen molar-refractivity contribution in [2.45, 2.75) is 19.8 Å². The summed E-state index contributed by atoms with van der Waals surface area (Å²) in [7, 11) is 3.35. The number of methoxy groups -OCH3 is 1. The summed E-state index contributed by atoms with van der Waals surface area (Å²) in [5, 5.41) is 6.06. The molecule has 5 nitrogen and oxygen atoms in total. The molecule has 0 saturated carbocycles. The van der Waals surface area contributed by atoms with Gasteiger partial charge in [-0.2, -0.15) is 0 Å². The summed E-state index contributed by atoms with van der Waals surface area (Å²) in [6.07, 6.45) is 3.19. The van der Waals surface area contributed by atoms with Crippen molar-refractivity contribution in [3.05, 3.63) is 35.9 Å². The van der Waals surface area contributed by atoms with Crippen LogP contribution in [0.4, 0.5) is 21.7 Å². The van der Waals surface area contributed by atoms with Gasteiger partial charge >= 0.3 is 0 Å². The topological polar surface area (TPSA) is 59.1 Å². The van der Waals surface area contributed by atoms with Crippen molar-refractivity contribution < 1.29 is 9.13 Å². The van der Waals surface area contributed by atoms with Gasteiger partial charge < -0.3 is 15.4 Å². The predicted octanol–water partition coefficient (Wildman–Crippen LogP) is 3.36. The molecule has 0 saturated heterocycles. The smallest absolute Gasteiger partial charge is 0.146 e. The molecule has 0 amide bonds. The molecule has 0 unspecified atom stereocenters. The highest BCUT2D eigenvalue weighted by Crippen LogP contribution is 2.28. The zero-order valence-corrected chi connectivity index (χ0v) is 12.4. The third kappa shape index (κ3) is 3.39. The first-order valence-electron chi connectivity index (χ1n) is 6.81. The van der Waals surface area contributed by atoms with Gasteiger partial charge in [-0.25, -0.2) is 14.4 Å². The van der Waals surface area contributed by atoms with Gasteiger partial charge in [0.1, 0.15) is 29.5 Å². The van der Waals surface area contributed by atoms with Crippen molar-refractivity contribution in [1.82, 2.24) is 9.97 Å². The zero-order valence-electron chi connectivity index (χ0n) is 12.4. The van der Waals surface area contributed by atoms with Crippen molar-refractivity contribution in [2.75, 3.05) is 24.8 Å². The van der Waals surface area contributed by atoms with E-state index in [9.17, 15) is 4.39 Å². The average molecular weight is 290 g/mol. The van der Waals surface area contributed by atoms with Crippen LogP contribution in [0.15, 0.2) is 24.5 Å². The maximum Gasteiger partial charge on any atom is 0.146 e. The summed E-state index contributed by atoms with van der Waals surface area (Å²) >= 11 is 0. The summed E-state index contributed by atoms with van der Waals surface area (Å²) in [5.41, 5.74) is 1.26. The van der Waals surface area contributed by atoms with Crippen LogP contribution in [0.25, 0.3) is 0 Å². The Labute approximate surface area is 123 Å². The molecule has 0 fully saturated rings. The highest BCUT2D eigenvalue weighted by Gasteiger charge is 2.12. The summed E-state index contributed by atoms with van der Waals surface area (Å²) in [6.45, 7) is 2.07. The molecular formula is C15H19FN4O. The molecule has 1 aromatic heterocycles. The van der Waals surface area contributed by atoms with Crippen molar-refractivity contribution in [2.24, 2.45) is 0 Å². The Morgan fingerprint density at radius 1 is 1.24 bits per heavy atom. The summed E-state index contributed by atoms with van der Waals surface area (Å²) in [4.78, 5) is 8.42. The van der Waals surface area contributed by atoms with Gasteiger partial charge in [-0.1, -0.05) is 13.3 Å². The molecule has 2 aromatic rings. The number of halogens is 1. The third-order valence-electron chi connectivity index (χ3n) is 3.11. The molecule has 0 bridgehead atoms. The monoisotopic (exact) mass is 290 g/mol. The standard InChI is InChI=1S/C15H19FN4O/c1-4-5-11-14(17-2)18-9-19-15(11)20-13-8-10(21-3)6-7-12(13)16/h6-9H,4-5H2,1-3H3,(H2,17,18,19,20). The average Bonchev–Trinajstić information content (AvgIpc) is 2.51. The number of rotatable bonds is 6. The Morgan fingerprint density at radius 2 is 2.00 bits per heavy atom. The van der Waals surface area contributed by atoms with E-state index in [-0.39, 0.29) is 5.82 Å². The van der Waals surface area contributed by atoms with Gasteiger partial charge in [0.05, 0.1) is 12.8 Å². The minimum absolute atomic E-state index is 0.326. The van der Waals surface area contributed by atoms with Crippen LogP contribution in [-0.2, 0) is 6.42 Å². The van der Waals surface area contributed by atoms with Crippen molar-refractivity contribution in [3.63, 3.8) is 0 Å². The Bertz CT molecular complexity index is 619. The number of nitrogens with zero attached hydrogens (tertiary/aromatic N) is 2. The Hall–Kier alpha value is -2.37. The predicted molar refractivity (Wildman–Crippen MR) is 81.8 cm³/mol. The quantitative estimate of drug-likeness (QED) is 0.854. The van der Waals surface area contributed by atoms with Crippen LogP contribution in [-0.4, -0.2) is 24.1 Å². The highest BCUT2D eigenvalue weighted by molar-refractivity contribution is 5.66. The summed E-state index contributed by atoms with van der Waals surface area (Å²) < 4.78 is 19.0. The van der Waals surface area contributed by atoms with Gasteiger partial charge in [0.2, 0.25) is 0 Å². The van der Waals surface area contributed by atoms with E-state index in [2.05, 4.69) is 27.5 Å². The number of ether oxygens (including phenoxy) is 1. The van der Waals surface area contributed by atoms with Gasteiger partial charge in [0.25, 0.3) is 0 Å². The number of benzene rings is 1. The van der Waals surface area contributed by atoms with Crippen LogP contribution in [0.1, 0.15) is 18.9 Å². The van der Waals surface area contributed by atoms with Crippen LogP contribution in [0.3, 0.4) is 0 Å². The zero-order chi connectivity index (χ0) is 15.2. The van der Waals surface area contributed by atoms with E-state index in [1.54, 1.807) is 26.3 Å². The second kappa shape index (κ2) is 6.88. The van der Waals surface area contributed by atoms with Crippen LogP contribution in [0, 0.1) is 5.82 Å². The van der Waals surface area contributed by atoms with E-state index >= 15 is 0 Å². The largest absolute Gasteiger partial charge is 0.497 e. The molecule has 0 aliphatic carbocycles. The normalized spacial score (nSPS) is 10.3. The lowest BCUT2D eigenvalue weighted by Crippen LogP contribution is -2.06. The van der Waals surface area contributed by atoms with Crippen LogP contribution < -0.4 is 15.4 Å². The van der Waals surface area contributed by atoms with E-state index in [1.165, 1.54) is 12.4 Å². The molecule has 1 aromatic carbocycles. The first-order chi connectivity index (χ1) is 10.2. The van der Waals surface area contributed by atoms with E-state index < -0.39 is 0 Å². The van der Waals surface area contributed by atoms with Crippen molar-refractivity contribution >= 4 is 17.3 Å². The van der Waals surface area contributed by atoms with E-state index in [0.29, 0.717) is 17.3 Å². The fraction of sp³-hybridized carbons (Fsp3) is 0.333. The van der Waals surface area contributed by atoms with Crippen LogP contribution >= 0.6 is 0 Å². The molecule has 0 aliphatic rings. The maximum atomic E-state index is 13.9. The minimum atomic E-state index is -0.358. The van der Waals surface area contributed by atoms with Gasteiger partial charge in [-0.15, -0.1) is 0 Å². The molecule has 2 rings (SSSR count). The molecule has 0 radical (unpaired) electrons. The molecule has 0 spiro atoms. The fourth-order valence-corrected chi connectivity index (χ4v) is 2.08. The van der Waals surface area contributed by atoms with Crippen LogP contribution in [0.2, 0.25) is 0 Å². The second-order valence-corrected chi connectivity index (χ2v) is 4.52. The lowest BCUT2D eigenvalue weighted by molar-refractivity contribution is 0.414. The lowest BCUT2D eigenvalue weighted by Gasteiger charge is -2.14. The maximum absolute atomic E-state index is 13.9. The molecular weight excluding hydrogens is 271 g/mol. The first-order valence-corrected chi connectivity index (χ1v) is 6.81. The van der Waals surface area contributed by atoms with E-state index in [1.807, 2.05) is 0 Å². The lowest BCUT2D eigenvalue weighted by atomic mass is 10.1. The van der Waals surface area contributed by atoms with Crippen molar-refractivity contribution in [1.29, 1.82) is 0 Å². The number of aromatic nitrogens is 2. The van der Waals surface area contributed by atoms with Gasteiger partial charge in [-0.3, -0.25) is 0 Å². The fourth-order valence-electron chi connectivity index (χ4n) is 2.08. The minimum Gasteiger partial charge on any atom is -0.497 e. The molecule has 0 atom stereocenters. The molecule has 6 heteroatoms. The van der Waals surface area contributed by atoms with Gasteiger partial charge in [0, 0.05) is 18.7 Å². The van der Waals surface area contributed by atoms with Crippen molar-refractivity contribution in [3.8, 4) is 5.75 Å². The number of hydrogen-bond donors (Lipinski definition) is 2. The molecule has 0 aliphatic heterocycles. The third-order valence-corrected chi connectivity index (χ3v) is 3.11. The highest BCUT2D eigenvalue weighted by atomic mass is 19.1.